The largest absolute Gasteiger partial charge is 0.396 e. The molecule has 1 amide bonds. The van der Waals surface area contributed by atoms with Crippen LogP contribution in [0.5, 0.6) is 0 Å². The third kappa shape index (κ3) is 3.00. The Bertz CT molecular complexity index is 845. The van der Waals surface area contributed by atoms with E-state index in [1.807, 2.05) is 50.2 Å². The van der Waals surface area contributed by atoms with Crippen molar-refractivity contribution in [1.29, 1.82) is 0 Å². The number of carbonyl (C=O) groups is 1. The van der Waals surface area contributed by atoms with Gasteiger partial charge in [0.15, 0.2) is 5.65 Å². The smallest absolute Gasteiger partial charge is 0.256 e. The monoisotopic (exact) mass is 324 g/mol. The predicted octanol–water partition coefficient (Wildman–Crippen LogP) is 2.14. The maximum atomic E-state index is 12.5. The minimum Gasteiger partial charge on any atom is -0.396 e. The first-order chi connectivity index (χ1) is 11.6. The van der Waals surface area contributed by atoms with E-state index in [0.29, 0.717) is 11.2 Å². The average Bonchev–Trinajstić information content (AvgIpc) is 3.05. The van der Waals surface area contributed by atoms with Crippen LogP contribution >= 0.6 is 0 Å². The predicted molar refractivity (Wildman–Crippen MR) is 91.6 cm³/mol. The number of aromatic nitrogens is 3. The SMILES string of the molecule is CC(CO)C(C)NC(=O)c1cnn2c(-c3ccccc3)ccnc12. The molecule has 0 aliphatic rings. The summed E-state index contributed by atoms with van der Waals surface area (Å²) in [5.74, 6) is -0.265. The van der Waals surface area contributed by atoms with Crippen molar-refractivity contribution in [3.63, 3.8) is 0 Å². The van der Waals surface area contributed by atoms with Crippen LogP contribution in [0.4, 0.5) is 0 Å². The molecule has 0 spiro atoms. The maximum Gasteiger partial charge on any atom is 0.256 e. The second kappa shape index (κ2) is 6.80. The zero-order chi connectivity index (χ0) is 17.1. The highest BCUT2D eigenvalue weighted by atomic mass is 16.3. The van der Waals surface area contributed by atoms with Crippen molar-refractivity contribution in [1.82, 2.24) is 19.9 Å². The van der Waals surface area contributed by atoms with Crippen LogP contribution in [-0.4, -0.2) is 38.3 Å². The number of hydrogen-bond donors (Lipinski definition) is 2. The highest BCUT2D eigenvalue weighted by molar-refractivity contribution is 6.00. The van der Waals surface area contributed by atoms with Crippen LogP contribution in [0.25, 0.3) is 16.9 Å². The van der Waals surface area contributed by atoms with Gasteiger partial charge in [-0.1, -0.05) is 37.3 Å². The molecule has 124 valence electrons. The molecule has 2 unspecified atom stereocenters. The summed E-state index contributed by atoms with van der Waals surface area (Å²) in [5, 5.41) is 16.4. The molecule has 0 fully saturated rings. The summed E-state index contributed by atoms with van der Waals surface area (Å²) in [7, 11) is 0. The number of hydrogen-bond acceptors (Lipinski definition) is 4. The van der Waals surface area contributed by atoms with Crippen LogP contribution in [0.2, 0.25) is 0 Å². The van der Waals surface area contributed by atoms with Gasteiger partial charge in [0.25, 0.3) is 5.91 Å². The lowest BCUT2D eigenvalue weighted by molar-refractivity contribution is 0.0918. The molecular weight excluding hydrogens is 304 g/mol. The number of nitrogens with one attached hydrogen (secondary N) is 1. The van der Waals surface area contributed by atoms with E-state index in [9.17, 15) is 9.90 Å². The molecule has 2 heterocycles. The van der Waals surface area contributed by atoms with Crippen LogP contribution in [0.15, 0.2) is 48.8 Å². The molecule has 3 aromatic rings. The molecule has 6 heteroatoms. The van der Waals surface area contributed by atoms with Crippen LogP contribution in [0, 0.1) is 5.92 Å². The zero-order valence-electron chi connectivity index (χ0n) is 13.7. The van der Waals surface area contributed by atoms with Crippen LogP contribution in [0.1, 0.15) is 24.2 Å². The summed E-state index contributed by atoms with van der Waals surface area (Å²) in [4.78, 5) is 16.8. The minimum absolute atomic E-state index is 0.0204. The number of fused-ring (bicyclic) bond motifs is 1. The number of aliphatic hydroxyl groups excluding tert-OH is 1. The summed E-state index contributed by atoms with van der Waals surface area (Å²) in [6, 6.07) is 11.6. The van der Waals surface area contributed by atoms with Gasteiger partial charge in [0.1, 0.15) is 5.56 Å². The average molecular weight is 324 g/mol. The van der Waals surface area contributed by atoms with E-state index < -0.39 is 0 Å². The molecule has 1 aromatic carbocycles. The lowest BCUT2D eigenvalue weighted by atomic mass is 10.0. The van der Waals surface area contributed by atoms with Crippen molar-refractivity contribution in [3.05, 3.63) is 54.4 Å². The lowest BCUT2D eigenvalue weighted by Gasteiger charge is -2.18. The standard InChI is InChI=1S/C18H20N4O2/c1-12(11-23)13(2)21-18(24)15-10-20-22-16(8-9-19-17(15)22)14-6-4-3-5-7-14/h3-10,12-13,23H,11H2,1-2H3,(H,21,24). The number of benzene rings is 1. The molecule has 0 radical (unpaired) electrons. The van der Waals surface area contributed by atoms with Crippen molar-refractivity contribution in [2.24, 2.45) is 5.92 Å². The lowest BCUT2D eigenvalue weighted by Crippen LogP contribution is -2.38. The van der Waals surface area contributed by atoms with E-state index in [0.717, 1.165) is 11.3 Å². The Hall–Kier alpha value is -2.73. The van der Waals surface area contributed by atoms with Gasteiger partial charge in [-0.3, -0.25) is 4.79 Å². The molecule has 0 aliphatic heterocycles. The van der Waals surface area contributed by atoms with Crippen molar-refractivity contribution >= 4 is 11.6 Å². The highest BCUT2D eigenvalue weighted by Gasteiger charge is 2.19. The quantitative estimate of drug-likeness (QED) is 0.753. The summed E-state index contributed by atoms with van der Waals surface area (Å²) in [6.45, 7) is 3.77. The first-order valence-electron chi connectivity index (χ1n) is 7.91. The molecule has 2 N–H and O–H groups in total. The second-order valence-corrected chi connectivity index (χ2v) is 5.91. The summed E-state index contributed by atoms with van der Waals surface area (Å²) >= 11 is 0. The number of aliphatic hydroxyl groups is 1. The maximum absolute atomic E-state index is 12.5. The van der Waals surface area contributed by atoms with Gasteiger partial charge in [0.05, 0.1) is 11.9 Å². The Balaban J connectivity index is 1.96. The van der Waals surface area contributed by atoms with Gasteiger partial charge in [-0.25, -0.2) is 9.50 Å². The third-order valence-corrected chi connectivity index (χ3v) is 4.22. The third-order valence-electron chi connectivity index (χ3n) is 4.22. The minimum atomic E-state index is -0.240. The first kappa shape index (κ1) is 16.1. The Morgan fingerprint density at radius 2 is 2.00 bits per heavy atom. The van der Waals surface area contributed by atoms with Gasteiger partial charge in [-0.2, -0.15) is 5.10 Å². The molecule has 6 nitrogen and oxygen atoms in total. The van der Waals surface area contributed by atoms with E-state index in [1.54, 1.807) is 10.7 Å². The zero-order valence-corrected chi connectivity index (χ0v) is 13.7. The number of carbonyl (C=O) groups excluding carboxylic acids is 1. The normalized spacial score (nSPS) is 13.6. The van der Waals surface area contributed by atoms with Gasteiger partial charge in [-0.15, -0.1) is 0 Å². The first-order valence-corrected chi connectivity index (χ1v) is 7.91. The number of amides is 1. The van der Waals surface area contributed by atoms with E-state index in [-0.39, 0.29) is 24.5 Å². The van der Waals surface area contributed by atoms with E-state index in [1.165, 1.54) is 6.20 Å². The van der Waals surface area contributed by atoms with Crippen molar-refractivity contribution < 1.29 is 9.90 Å². The Kier molecular flexibility index (Phi) is 4.57. The second-order valence-electron chi connectivity index (χ2n) is 5.91. The van der Waals surface area contributed by atoms with Gasteiger partial charge in [0.2, 0.25) is 0 Å². The number of rotatable bonds is 5. The summed E-state index contributed by atoms with van der Waals surface area (Å²) < 4.78 is 1.67. The molecule has 2 atom stereocenters. The van der Waals surface area contributed by atoms with Gasteiger partial charge < -0.3 is 10.4 Å². The fraction of sp³-hybridized carbons (Fsp3) is 0.278. The summed E-state index contributed by atoms with van der Waals surface area (Å²) in [5.41, 5.74) is 2.81. The van der Waals surface area contributed by atoms with Gasteiger partial charge in [0, 0.05) is 24.4 Å². The molecule has 3 rings (SSSR count). The van der Waals surface area contributed by atoms with Gasteiger partial charge in [-0.05, 0) is 18.9 Å². The van der Waals surface area contributed by atoms with Crippen molar-refractivity contribution in [2.45, 2.75) is 19.9 Å². The fourth-order valence-electron chi connectivity index (χ4n) is 2.46. The molecule has 0 saturated heterocycles. The molecule has 24 heavy (non-hydrogen) atoms. The fourth-order valence-corrected chi connectivity index (χ4v) is 2.46. The molecule has 2 aromatic heterocycles. The van der Waals surface area contributed by atoms with Crippen LogP contribution in [-0.2, 0) is 0 Å². The molecule has 0 saturated carbocycles. The van der Waals surface area contributed by atoms with Gasteiger partial charge >= 0.3 is 0 Å². The van der Waals surface area contributed by atoms with Crippen LogP contribution in [0.3, 0.4) is 0 Å². The van der Waals surface area contributed by atoms with E-state index in [4.69, 9.17) is 0 Å². The number of nitrogens with zero attached hydrogens (tertiary/aromatic N) is 3. The van der Waals surface area contributed by atoms with Crippen LogP contribution < -0.4 is 5.32 Å². The molecular formula is C18H20N4O2. The van der Waals surface area contributed by atoms with E-state index in [2.05, 4.69) is 15.4 Å². The topological polar surface area (TPSA) is 79.5 Å². The summed E-state index contributed by atoms with van der Waals surface area (Å²) in [6.07, 6.45) is 3.20. The molecule has 0 aliphatic carbocycles. The molecule has 0 bridgehead atoms. The van der Waals surface area contributed by atoms with E-state index >= 15 is 0 Å². The van der Waals surface area contributed by atoms with Crippen molar-refractivity contribution in [3.8, 4) is 11.3 Å². The Morgan fingerprint density at radius 1 is 1.25 bits per heavy atom. The van der Waals surface area contributed by atoms with Crippen molar-refractivity contribution in [2.75, 3.05) is 6.61 Å². The highest BCUT2D eigenvalue weighted by Crippen LogP contribution is 2.20. The Labute approximate surface area is 140 Å². The Morgan fingerprint density at radius 3 is 2.71 bits per heavy atom.